The highest BCUT2D eigenvalue weighted by Crippen LogP contribution is 2.24. The SMILES string of the molecule is CCc1nc2cccc(C)c2n1-c1ccccc1. The molecule has 0 amide bonds. The highest BCUT2D eigenvalue weighted by molar-refractivity contribution is 5.81. The van der Waals surface area contributed by atoms with E-state index in [-0.39, 0.29) is 0 Å². The summed E-state index contributed by atoms with van der Waals surface area (Å²) in [4.78, 5) is 4.73. The van der Waals surface area contributed by atoms with E-state index >= 15 is 0 Å². The molecule has 2 aromatic carbocycles. The van der Waals surface area contributed by atoms with Crippen LogP contribution in [0.2, 0.25) is 0 Å². The lowest BCUT2D eigenvalue weighted by atomic mass is 10.2. The molecule has 0 unspecified atom stereocenters. The third-order valence-corrected chi connectivity index (χ3v) is 3.28. The summed E-state index contributed by atoms with van der Waals surface area (Å²) in [7, 11) is 0. The van der Waals surface area contributed by atoms with Crippen LogP contribution in [0.5, 0.6) is 0 Å². The molecule has 90 valence electrons. The van der Waals surface area contributed by atoms with Crippen LogP contribution in [-0.2, 0) is 6.42 Å². The first kappa shape index (κ1) is 11.0. The molecule has 0 bridgehead atoms. The first-order valence-electron chi connectivity index (χ1n) is 6.33. The Morgan fingerprint density at radius 1 is 1.00 bits per heavy atom. The lowest BCUT2D eigenvalue weighted by molar-refractivity contribution is 0.907. The first-order valence-corrected chi connectivity index (χ1v) is 6.33. The molecule has 2 nitrogen and oxygen atoms in total. The van der Waals surface area contributed by atoms with Crippen molar-refractivity contribution in [2.75, 3.05) is 0 Å². The smallest absolute Gasteiger partial charge is 0.114 e. The van der Waals surface area contributed by atoms with Crippen molar-refractivity contribution in [2.45, 2.75) is 20.3 Å². The third kappa shape index (κ3) is 1.61. The molecule has 2 heteroatoms. The third-order valence-electron chi connectivity index (χ3n) is 3.28. The standard InChI is InChI=1S/C16H16N2/c1-3-15-17-14-11-7-8-12(2)16(14)18(15)13-9-5-4-6-10-13/h4-11H,3H2,1-2H3. The van der Waals surface area contributed by atoms with Gasteiger partial charge in [-0.25, -0.2) is 4.98 Å². The predicted octanol–water partition coefficient (Wildman–Crippen LogP) is 3.90. The fourth-order valence-corrected chi connectivity index (χ4v) is 2.44. The molecule has 0 radical (unpaired) electrons. The minimum absolute atomic E-state index is 0.934. The molecule has 0 spiro atoms. The molecule has 0 aliphatic carbocycles. The quantitative estimate of drug-likeness (QED) is 0.660. The lowest BCUT2D eigenvalue weighted by Crippen LogP contribution is -2.00. The highest BCUT2D eigenvalue weighted by Gasteiger charge is 2.12. The number of hydrogen-bond acceptors (Lipinski definition) is 1. The molecule has 0 saturated carbocycles. The van der Waals surface area contributed by atoms with E-state index in [4.69, 9.17) is 4.98 Å². The molecule has 18 heavy (non-hydrogen) atoms. The second-order valence-corrected chi connectivity index (χ2v) is 4.50. The van der Waals surface area contributed by atoms with Crippen molar-refractivity contribution in [2.24, 2.45) is 0 Å². The number of hydrogen-bond donors (Lipinski definition) is 0. The zero-order chi connectivity index (χ0) is 12.5. The van der Waals surface area contributed by atoms with Gasteiger partial charge in [-0.2, -0.15) is 0 Å². The van der Waals surface area contributed by atoms with Crippen LogP contribution in [0.25, 0.3) is 16.7 Å². The monoisotopic (exact) mass is 236 g/mol. The molecule has 0 fully saturated rings. The number of fused-ring (bicyclic) bond motifs is 1. The Hall–Kier alpha value is -2.09. The van der Waals surface area contributed by atoms with Crippen LogP contribution in [0.15, 0.2) is 48.5 Å². The molecule has 3 aromatic rings. The van der Waals surface area contributed by atoms with Gasteiger partial charge in [-0.3, -0.25) is 4.57 Å². The van der Waals surface area contributed by atoms with Gasteiger partial charge in [0.1, 0.15) is 5.82 Å². The van der Waals surface area contributed by atoms with Crippen molar-refractivity contribution in [3.8, 4) is 5.69 Å². The molecule has 0 saturated heterocycles. The van der Waals surface area contributed by atoms with Gasteiger partial charge in [-0.1, -0.05) is 37.3 Å². The molecule has 1 aromatic heterocycles. The summed E-state index contributed by atoms with van der Waals surface area (Å²) in [5.74, 6) is 1.12. The molecule has 0 atom stereocenters. The van der Waals surface area contributed by atoms with Crippen molar-refractivity contribution in [3.05, 3.63) is 59.9 Å². The minimum atomic E-state index is 0.934. The Morgan fingerprint density at radius 3 is 2.50 bits per heavy atom. The Balaban J connectivity index is 2.39. The highest BCUT2D eigenvalue weighted by atomic mass is 15.1. The maximum Gasteiger partial charge on any atom is 0.114 e. The summed E-state index contributed by atoms with van der Waals surface area (Å²) in [5, 5.41) is 0. The zero-order valence-electron chi connectivity index (χ0n) is 10.7. The van der Waals surface area contributed by atoms with E-state index in [1.165, 1.54) is 16.8 Å². The van der Waals surface area contributed by atoms with E-state index in [2.05, 4.69) is 60.9 Å². The second kappa shape index (κ2) is 4.30. The number of para-hydroxylation sites is 2. The molecule has 0 aliphatic heterocycles. The van der Waals surface area contributed by atoms with Gasteiger partial charge in [-0.05, 0) is 30.7 Å². The molecule has 1 heterocycles. The maximum atomic E-state index is 4.73. The maximum absolute atomic E-state index is 4.73. The van der Waals surface area contributed by atoms with Gasteiger partial charge in [0.15, 0.2) is 0 Å². The average Bonchev–Trinajstić information content (AvgIpc) is 2.79. The van der Waals surface area contributed by atoms with E-state index in [0.29, 0.717) is 0 Å². The van der Waals surface area contributed by atoms with Gasteiger partial charge in [0.2, 0.25) is 0 Å². The molecule has 0 N–H and O–H groups in total. The number of imidazole rings is 1. The van der Waals surface area contributed by atoms with Crippen LogP contribution in [0.3, 0.4) is 0 Å². The Labute approximate surface area is 107 Å². The van der Waals surface area contributed by atoms with Crippen molar-refractivity contribution < 1.29 is 0 Å². The van der Waals surface area contributed by atoms with E-state index in [0.717, 1.165) is 17.8 Å². The average molecular weight is 236 g/mol. The van der Waals surface area contributed by atoms with Crippen molar-refractivity contribution in [1.29, 1.82) is 0 Å². The Bertz CT molecular complexity index is 681. The molecular weight excluding hydrogens is 220 g/mol. The van der Waals surface area contributed by atoms with Crippen LogP contribution < -0.4 is 0 Å². The van der Waals surface area contributed by atoms with Gasteiger partial charge in [0.25, 0.3) is 0 Å². The Kier molecular flexibility index (Phi) is 2.63. The van der Waals surface area contributed by atoms with E-state index < -0.39 is 0 Å². The summed E-state index contributed by atoms with van der Waals surface area (Å²) in [5.41, 5.74) is 4.76. The topological polar surface area (TPSA) is 17.8 Å². The van der Waals surface area contributed by atoms with Gasteiger partial charge >= 0.3 is 0 Å². The van der Waals surface area contributed by atoms with E-state index in [9.17, 15) is 0 Å². The fourth-order valence-electron chi connectivity index (χ4n) is 2.44. The van der Waals surface area contributed by atoms with Crippen LogP contribution in [0, 0.1) is 6.92 Å². The fraction of sp³-hybridized carbons (Fsp3) is 0.188. The van der Waals surface area contributed by atoms with Crippen LogP contribution in [-0.4, -0.2) is 9.55 Å². The summed E-state index contributed by atoms with van der Waals surface area (Å²) in [6, 6.07) is 16.7. The van der Waals surface area contributed by atoms with Crippen LogP contribution in [0.1, 0.15) is 18.3 Å². The number of benzene rings is 2. The molecule has 3 rings (SSSR count). The number of rotatable bonds is 2. The Morgan fingerprint density at radius 2 is 1.78 bits per heavy atom. The number of nitrogens with zero attached hydrogens (tertiary/aromatic N) is 2. The van der Waals surface area contributed by atoms with Crippen molar-refractivity contribution in [1.82, 2.24) is 9.55 Å². The summed E-state index contributed by atoms with van der Waals surface area (Å²) < 4.78 is 2.27. The van der Waals surface area contributed by atoms with Crippen molar-refractivity contribution in [3.63, 3.8) is 0 Å². The number of aryl methyl sites for hydroxylation is 2. The summed E-state index contributed by atoms with van der Waals surface area (Å²) >= 11 is 0. The summed E-state index contributed by atoms with van der Waals surface area (Å²) in [6.45, 7) is 4.29. The van der Waals surface area contributed by atoms with Gasteiger partial charge in [0.05, 0.1) is 11.0 Å². The predicted molar refractivity (Wildman–Crippen MR) is 75.2 cm³/mol. The number of aromatic nitrogens is 2. The van der Waals surface area contributed by atoms with Gasteiger partial charge < -0.3 is 0 Å². The van der Waals surface area contributed by atoms with E-state index in [1.807, 2.05) is 6.07 Å². The lowest BCUT2D eigenvalue weighted by Gasteiger charge is -2.09. The van der Waals surface area contributed by atoms with Gasteiger partial charge in [0, 0.05) is 12.1 Å². The second-order valence-electron chi connectivity index (χ2n) is 4.50. The van der Waals surface area contributed by atoms with Crippen LogP contribution >= 0.6 is 0 Å². The van der Waals surface area contributed by atoms with Gasteiger partial charge in [-0.15, -0.1) is 0 Å². The molecule has 0 aliphatic rings. The molecular formula is C16H16N2. The minimum Gasteiger partial charge on any atom is -0.296 e. The van der Waals surface area contributed by atoms with Crippen molar-refractivity contribution >= 4 is 11.0 Å². The summed E-state index contributed by atoms with van der Waals surface area (Å²) in [6.07, 6.45) is 0.934. The zero-order valence-corrected chi connectivity index (χ0v) is 10.7. The first-order chi connectivity index (χ1) is 8.81. The normalized spacial score (nSPS) is 11.0. The van der Waals surface area contributed by atoms with E-state index in [1.54, 1.807) is 0 Å². The largest absolute Gasteiger partial charge is 0.296 e. The van der Waals surface area contributed by atoms with Crippen LogP contribution in [0.4, 0.5) is 0 Å².